The van der Waals surface area contributed by atoms with Crippen LogP contribution >= 0.6 is 0 Å². The van der Waals surface area contributed by atoms with Crippen LogP contribution in [-0.2, 0) is 30.4 Å². The molecule has 0 saturated heterocycles. The zero-order valence-corrected chi connectivity index (χ0v) is 28.3. The zero-order chi connectivity index (χ0) is 32.6. The molecule has 0 unspecified atom stereocenters. The maximum atomic E-state index is 12.1. The third-order valence-electron chi connectivity index (χ3n) is 7.22. The van der Waals surface area contributed by atoms with E-state index < -0.39 is 30.4 Å². The van der Waals surface area contributed by atoms with E-state index in [4.69, 9.17) is 18.6 Å². The lowest BCUT2D eigenvalue weighted by Gasteiger charge is -2.17. The number of rotatable bonds is 22. The molecule has 0 atom stereocenters. The van der Waals surface area contributed by atoms with Crippen molar-refractivity contribution >= 4 is 41.6 Å². The van der Waals surface area contributed by atoms with Crippen LogP contribution in [0.3, 0.4) is 0 Å². The third-order valence-corrected chi connectivity index (χ3v) is 9.89. The Labute approximate surface area is 264 Å². The monoisotopic (exact) mass is 672 g/mol. The molecule has 44 heavy (non-hydrogen) atoms. The number of unbranched alkanes of at least 4 members (excludes halogenated alkanes) is 9. The summed E-state index contributed by atoms with van der Waals surface area (Å²) in [4.78, 5) is 0. The number of hydrogen-bond donors (Lipinski definition) is 2. The van der Waals surface area contributed by atoms with Crippen molar-refractivity contribution in [1.29, 1.82) is 0 Å². The van der Waals surface area contributed by atoms with E-state index in [1.165, 1.54) is 18.2 Å². The maximum absolute atomic E-state index is 12.1. The Morgan fingerprint density at radius 2 is 1.11 bits per heavy atom. The Kier molecular flexibility index (Phi) is 15.9. The number of nitrogens with two attached hydrogens (primary N) is 2. The van der Waals surface area contributed by atoms with Crippen molar-refractivity contribution in [3.8, 4) is 11.5 Å². The van der Waals surface area contributed by atoms with Gasteiger partial charge in [-0.15, -0.1) is 0 Å². The van der Waals surface area contributed by atoms with Crippen molar-refractivity contribution in [2.45, 2.75) is 97.3 Å². The molecule has 0 aromatic heterocycles. The molecule has 0 amide bonds. The van der Waals surface area contributed by atoms with Crippen LogP contribution in [0.25, 0.3) is 11.1 Å². The quantitative estimate of drug-likeness (QED) is 0.108. The van der Waals surface area contributed by atoms with Gasteiger partial charge in [-0.05, 0) is 78.6 Å². The summed E-state index contributed by atoms with van der Waals surface area (Å²) in [6.45, 7) is 4.09. The van der Waals surface area contributed by atoms with Gasteiger partial charge >= 0.3 is 20.6 Å². The first-order chi connectivity index (χ1) is 20.7. The van der Waals surface area contributed by atoms with Gasteiger partial charge in [0.15, 0.2) is 0 Å². The molecule has 248 valence electrons. The molecule has 2 aromatic carbocycles. The third kappa shape index (κ3) is 15.5. The Morgan fingerprint density at radius 3 is 1.66 bits per heavy atom. The second kappa shape index (κ2) is 18.5. The lowest BCUT2D eigenvalue weighted by atomic mass is 9.89. The van der Waals surface area contributed by atoms with Gasteiger partial charge < -0.3 is 8.37 Å². The SMILES string of the molecule is CCCCCS(=O)(=O)CCCCCCCCCC/C(=C(/CC)c1ccc(OS(N)(=O)=O)cc1)c1cccc(OS(N)(=O)=O)c1. The van der Waals surface area contributed by atoms with Gasteiger partial charge in [-0.2, -0.15) is 27.1 Å². The smallest absolute Gasteiger partial charge is 0.371 e. The van der Waals surface area contributed by atoms with Crippen LogP contribution in [0.15, 0.2) is 48.5 Å². The predicted octanol–water partition coefficient (Wildman–Crippen LogP) is 6.29. The van der Waals surface area contributed by atoms with Crippen molar-refractivity contribution in [3.05, 3.63) is 59.7 Å². The van der Waals surface area contributed by atoms with E-state index in [1.807, 2.05) is 13.0 Å². The first kappa shape index (κ1) is 37.7. The van der Waals surface area contributed by atoms with Crippen LogP contribution in [0.2, 0.25) is 0 Å². The fourth-order valence-electron chi connectivity index (χ4n) is 5.14. The maximum Gasteiger partial charge on any atom is 0.380 e. The van der Waals surface area contributed by atoms with Crippen molar-refractivity contribution in [1.82, 2.24) is 0 Å². The highest BCUT2D eigenvalue weighted by Gasteiger charge is 2.14. The molecule has 0 radical (unpaired) electrons. The number of sulfone groups is 1. The Balaban J connectivity index is 2.03. The summed E-state index contributed by atoms with van der Waals surface area (Å²) in [5, 5.41) is 10.1. The molecule has 13 heteroatoms. The average molecular weight is 673 g/mol. The van der Waals surface area contributed by atoms with Gasteiger partial charge in [-0.1, -0.05) is 89.5 Å². The van der Waals surface area contributed by atoms with Gasteiger partial charge in [-0.3, -0.25) is 0 Å². The summed E-state index contributed by atoms with van der Waals surface area (Å²) in [6, 6.07) is 13.4. The van der Waals surface area contributed by atoms with Crippen molar-refractivity contribution in [2.24, 2.45) is 10.3 Å². The van der Waals surface area contributed by atoms with Crippen LogP contribution in [0.5, 0.6) is 11.5 Å². The fraction of sp³-hybridized carbons (Fsp3) is 0.548. The van der Waals surface area contributed by atoms with E-state index in [2.05, 4.69) is 6.92 Å². The number of benzene rings is 2. The molecule has 0 aliphatic heterocycles. The second-order valence-electron chi connectivity index (χ2n) is 11.0. The summed E-state index contributed by atoms with van der Waals surface area (Å²) in [7, 11) is -11.3. The fourth-order valence-corrected chi connectivity index (χ4v) is 7.38. The van der Waals surface area contributed by atoms with Crippen molar-refractivity contribution in [3.63, 3.8) is 0 Å². The summed E-state index contributed by atoms with van der Waals surface area (Å²) in [5.74, 6) is 0.810. The summed E-state index contributed by atoms with van der Waals surface area (Å²) in [6.07, 6.45) is 11.9. The van der Waals surface area contributed by atoms with E-state index in [0.717, 1.165) is 99.3 Å². The zero-order valence-electron chi connectivity index (χ0n) is 25.9. The largest absolute Gasteiger partial charge is 0.380 e. The van der Waals surface area contributed by atoms with Gasteiger partial charge in [0.2, 0.25) is 0 Å². The van der Waals surface area contributed by atoms with Crippen molar-refractivity contribution < 1.29 is 33.6 Å². The molecule has 2 aromatic rings. The minimum absolute atomic E-state index is 0.102. The molecular weight excluding hydrogens is 625 g/mol. The molecule has 0 aliphatic carbocycles. The molecule has 0 fully saturated rings. The lowest BCUT2D eigenvalue weighted by molar-refractivity contribution is 0.485. The Bertz CT molecular complexity index is 1520. The molecule has 0 saturated carbocycles. The van der Waals surface area contributed by atoms with Crippen LogP contribution in [-0.4, -0.2) is 36.8 Å². The van der Waals surface area contributed by atoms with Crippen LogP contribution in [0.4, 0.5) is 0 Å². The molecular formula is C31H48N2O8S3. The highest BCUT2D eigenvalue weighted by atomic mass is 32.2. The normalized spacial score (nSPS) is 13.0. The van der Waals surface area contributed by atoms with E-state index in [1.54, 1.807) is 24.3 Å². The molecule has 4 N–H and O–H groups in total. The topological polar surface area (TPSA) is 173 Å². The summed E-state index contributed by atoms with van der Waals surface area (Å²) < 4.78 is 79.5. The molecule has 0 spiro atoms. The number of allylic oxidation sites excluding steroid dienone is 2. The Hall–Kier alpha value is -2.45. The average Bonchev–Trinajstić information content (AvgIpc) is 2.92. The van der Waals surface area contributed by atoms with Crippen LogP contribution in [0.1, 0.15) is 108 Å². The summed E-state index contributed by atoms with van der Waals surface area (Å²) >= 11 is 0. The molecule has 0 heterocycles. The molecule has 0 aliphatic rings. The van der Waals surface area contributed by atoms with E-state index in [-0.39, 0.29) is 17.3 Å². The predicted molar refractivity (Wildman–Crippen MR) is 177 cm³/mol. The van der Waals surface area contributed by atoms with Crippen molar-refractivity contribution in [2.75, 3.05) is 11.5 Å². The highest BCUT2D eigenvalue weighted by Crippen LogP contribution is 2.35. The van der Waals surface area contributed by atoms with E-state index >= 15 is 0 Å². The van der Waals surface area contributed by atoms with E-state index in [9.17, 15) is 25.3 Å². The van der Waals surface area contributed by atoms with Gasteiger partial charge in [0, 0.05) is 0 Å². The molecule has 2 rings (SSSR count). The minimum atomic E-state index is -4.18. The number of hydrogen-bond acceptors (Lipinski definition) is 8. The lowest BCUT2D eigenvalue weighted by Crippen LogP contribution is -2.18. The van der Waals surface area contributed by atoms with E-state index in [0.29, 0.717) is 12.2 Å². The van der Waals surface area contributed by atoms with Gasteiger partial charge in [0.25, 0.3) is 0 Å². The first-order valence-electron chi connectivity index (χ1n) is 15.3. The standard InChI is InChI=1S/C31H48N2O8S3/c1-3-5-13-23-42(34,35)24-14-11-9-7-6-8-10-12-18-31(27-16-15-17-29(25-27)41-44(33,38)39)30(4-2)26-19-21-28(22-20-26)40-43(32,36)37/h15-17,19-22,25H,3-14,18,23-24H2,1-2H3,(H2,32,36,37)(H2,33,38,39)/b31-30+. The summed E-state index contributed by atoms with van der Waals surface area (Å²) in [5.41, 5.74) is 3.71. The highest BCUT2D eigenvalue weighted by molar-refractivity contribution is 7.91. The molecule has 10 nitrogen and oxygen atoms in total. The first-order valence-corrected chi connectivity index (χ1v) is 20.1. The van der Waals surface area contributed by atoms with Crippen LogP contribution < -0.4 is 18.6 Å². The van der Waals surface area contributed by atoms with Gasteiger partial charge in [-0.25, -0.2) is 8.42 Å². The van der Waals surface area contributed by atoms with Gasteiger partial charge in [0.1, 0.15) is 21.3 Å². The second-order valence-corrected chi connectivity index (χ2v) is 15.6. The Morgan fingerprint density at radius 1 is 0.591 bits per heavy atom. The minimum Gasteiger partial charge on any atom is -0.371 e. The van der Waals surface area contributed by atoms with Crippen LogP contribution in [0, 0.1) is 0 Å². The molecule has 0 bridgehead atoms. The van der Waals surface area contributed by atoms with Gasteiger partial charge in [0.05, 0.1) is 11.5 Å².